The van der Waals surface area contributed by atoms with Crippen LogP contribution in [0.3, 0.4) is 0 Å². The number of rotatable bonds is 10. The van der Waals surface area contributed by atoms with Crippen LogP contribution in [0.4, 0.5) is 5.69 Å². The Bertz CT molecular complexity index is 776. The van der Waals surface area contributed by atoms with E-state index in [1.807, 2.05) is 4.90 Å². The minimum absolute atomic E-state index is 0.0122. The van der Waals surface area contributed by atoms with Gasteiger partial charge in [0.1, 0.15) is 4.90 Å². The molecule has 1 N–H and O–H groups in total. The lowest BCUT2D eigenvalue weighted by Gasteiger charge is -2.31. The van der Waals surface area contributed by atoms with Crippen LogP contribution in [0.1, 0.15) is 32.1 Å². The van der Waals surface area contributed by atoms with E-state index in [4.69, 9.17) is 0 Å². The first-order chi connectivity index (χ1) is 13.4. The number of carbonyl (C=O) groups excluding carboxylic acids is 1. The number of benzene rings is 1. The first-order valence-corrected chi connectivity index (χ1v) is 11.1. The Hall–Kier alpha value is -1.96. The minimum Gasteiger partial charge on any atom is -0.324 e. The third-order valence-electron chi connectivity index (χ3n) is 5.05. The van der Waals surface area contributed by atoms with Gasteiger partial charge in [-0.2, -0.15) is 4.31 Å². The topological polar surface area (TPSA) is 69.7 Å². The number of anilines is 1. The van der Waals surface area contributed by atoms with Gasteiger partial charge in [0, 0.05) is 26.2 Å². The molecule has 1 amide bonds. The van der Waals surface area contributed by atoms with Crippen molar-refractivity contribution in [3.63, 3.8) is 0 Å². The van der Waals surface area contributed by atoms with Crippen LogP contribution in [0.2, 0.25) is 0 Å². The van der Waals surface area contributed by atoms with Crippen LogP contribution >= 0.6 is 0 Å². The third-order valence-corrected chi connectivity index (χ3v) is 7.02. The van der Waals surface area contributed by atoms with Gasteiger partial charge < -0.3 is 5.32 Å². The lowest BCUT2D eigenvalue weighted by molar-refractivity contribution is -0.117. The molecule has 28 heavy (non-hydrogen) atoms. The summed E-state index contributed by atoms with van der Waals surface area (Å²) >= 11 is 0. The first kappa shape index (κ1) is 22.3. The minimum atomic E-state index is -3.69. The van der Waals surface area contributed by atoms with Crippen LogP contribution in [0, 0.1) is 0 Å². The fraction of sp³-hybridized carbons (Fsp3) is 0.476. The molecule has 0 bridgehead atoms. The molecule has 7 heteroatoms. The predicted octanol–water partition coefficient (Wildman–Crippen LogP) is 3.25. The van der Waals surface area contributed by atoms with Crippen LogP contribution in [0.15, 0.2) is 54.5 Å². The van der Waals surface area contributed by atoms with Crippen molar-refractivity contribution in [3.8, 4) is 0 Å². The number of carbonyl (C=O) groups is 1. The second kappa shape index (κ2) is 10.5. The molecule has 0 spiro atoms. The highest BCUT2D eigenvalue weighted by atomic mass is 32.2. The molecule has 0 unspecified atom stereocenters. The summed E-state index contributed by atoms with van der Waals surface area (Å²) in [6.45, 7) is 8.60. The fourth-order valence-corrected chi connectivity index (χ4v) is 5.11. The Labute approximate surface area is 169 Å². The number of amides is 1. The van der Waals surface area contributed by atoms with Crippen LogP contribution < -0.4 is 5.32 Å². The number of nitrogens with zero attached hydrogens (tertiary/aromatic N) is 2. The molecule has 1 fully saturated rings. The van der Waals surface area contributed by atoms with Crippen molar-refractivity contribution in [1.82, 2.24) is 9.21 Å². The fourth-order valence-electron chi connectivity index (χ4n) is 3.55. The average molecular weight is 406 g/mol. The second-order valence-corrected chi connectivity index (χ2v) is 9.09. The highest BCUT2D eigenvalue weighted by molar-refractivity contribution is 7.89. The van der Waals surface area contributed by atoms with Crippen molar-refractivity contribution in [2.45, 2.75) is 43.0 Å². The van der Waals surface area contributed by atoms with Crippen molar-refractivity contribution in [2.24, 2.45) is 0 Å². The van der Waals surface area contributed by atoms with Gasteiger partial charge in [0.15, 0.2) is 0 Å². The van der Waals surface area contributed by atoms with Gasteiger partial charge in [0.2, 0.25) is 15.9 Å². The van der Waals surface area contributed by atoms with Gasteiger partial charge >= 0.3 is 0 Å². The van der Waals surface area contributed by atoms with E-state index in [0.717, 1.165) is 32.1 Å². The average Bonchev–Trinajstić information content (AvgIpc) is 2.68. The monoisotopic (exact) mass is 405 g/mol. The molecule has 1 aliphatic rings. The quantitative estimate of drug-likeness (QED) is 0.607. The molecule has 0 aliphatic heterocycles. The summed E-state index contributed by atoms with van der Waals surface area (Å²) in [6, 6.07) is 6.60. The molecule has 1 aliphatic carbocycles. The number of sulfonamides is 1. The molecule has 1 aromatic carbocycles. The summed E-state index contributed by atoms with van der Waals surface area (Å²) in [5, 5.41) is 2.77. The van der Waals surface area contributed by atoms with Gasteiger partial charge in [-0.3, -0.25) is 9.69 Å². The third kappa shape index (κ3) is 5.77. The molecule has 0 heterocycles. The first-order valence-electron chi connectivity index (χ1n) is 9.71. The van der Waals surface area contributed by atoms with E-state index < -0.39 is 10.0 Å². The lowest BCUT2D eigenvalue weighted by atomic mass is 9.96. The normalized spacial score (nSPS) is 15.5. The number of nitrogens with one attached hydrogen (secondary N) is 1. The van der Waals surface area contributed by atoms with Gasteiger partial charge in [-0.05, 0) is 25.0 Å². The SMILES string of the molecule is C=CCN(CC=C)CC(=O)Nc1ccccc1S(=O)(=O)N(C)C1CCCCC1. The zero-order valence-corrected chi connectivity index (χ0v) is 17.5. The zero-order valence-electron chi connectivity index (χ0n) is 16.6. The summed E-state index contributed by atoms with van der Waals surface area (Å²) in [5.41, 5.74) is 0.312. The van der Waals surface area contributed by atoms with Crippen LogP contribution in [0.25, 0.3) is 0 Å². The molecule has 6 nitrogen and oxygen atoms in total. The standard InChI is InChI=1S/C21H31N3O3S/c1-4-15-24(16-5-2)17-21(25)22-19-13-9-10-14-20(19)28(26,27)23(3)18-11-7-6-8-12-18/h4-5,9-10,13-14,18H,1-2,6-8,11-12,15-17H2,3H3,(H,22,25). The summed E-state index contributed by atoms with van der Waals surface area (Å²) in [5.74, 6) is -0.272. The number of hydrogen-bond acceptors (Lipinski definition) is 4. The maximum Gasteiger partial charge on any atom is 0.245 e. The summed E-state index contributed by atoms with van der Waals surface area (Å²) in [6.07, 6.45) is 8.44. The smallest absolute Gasteiger partial charge is 0.245 e. The van der Waals surface area contributed by atoms with Gasteiger partial charge in [0.25, 0.3) is 0 Å². The van der Waals surface area contributed by atoms with Crippen molar-refractivity contribution < 1.29 is 13.2 Å². The Morgan fingerprint density at radius 2 is 1.75 bits per heavy atom. The van der Waals surface area contributed by atoms with Crippen LogP contribution in [-0.2, 0) is 14.8 Å². The maximum absolute atomic E-state index is 13.2. The van der Waals surface area contributed by atoms with Crippen LogP contribution in [0.5, 0.6) is 0 Å². The Balaban J connectivity index is 2.18. The molecular weight excluding hydrogens is 374 g/mol. The van der Waals surface area contributed by atoms with E-state index in [-0.39, 0.29) is 23.4 Å². The summed E-state index contributed by atoms with van der Waals surface area (Å²) < 4.78 is 27.9. The molecule has 0 atom stereocenters. The van der Waals surface area contributed by atoms with Crippen molar-refractivity contribution in [2.75, 3.05) is 32.0 Å². The van der Waals surface area contributed by atoms with Gasteiger partial charge in [0.05, 0.1) is 12.2 Å². The van der Waals surface area contributed by atoms with Crippen molar-refractivity contribution in [1.29, 1.82) is 0 Å². The zero-order chi connectivity index (χ0) is 20.6. The molecule has 1 aromatic rings. The van der Waals surface area contributed by atoms with E-state index in [9.17, 15) is 13.2 Å². The molecule has 1 saturated carbocycles. The van der Waals surface area contributed by atoms with E-state index in [2.05, 4.69) is 18.5 Å². The van der Waals surface area contributed by atoms with E-state index in [1.54, 1.807) is 43.5 Å². The van der Waals surface area contributed by atoms with Crippen molar-refractivity contribution in [3.05, 3.63) is 49.6 Å². The summed E-state index contributed by atoms with van der Waals surface area (Å²) in [7, 11) is -2.05. The lowest BCUT2D eigenvalue weighted by Crippen LogP contribution is -2.39. The number of para-hydroxylation sites is 1. The Morgan fingerprint density at radius 1 is 1.14 bits per heavy atom. The number of hydrogen-bond donors (Lipinski definition) is 1. The molecule has 0 aromatic heterocycles. The van der Waals surface area contributed by atoms with E-state index in [1.165, 1.54) is 4.31 Å². The Kier molecular flexibility index (Phi) is 8.41. The summed E-state index contributed by atoms with van der Waals surface area (Å²) in [4.78, 5) is 14.5. The van der Waals surface area contributed by atoms with E-state index >= 15 is 0 Å². The molecule has 0 radical (unpaired) electrons. The second-order valence-electron chi connectivity index (χ2n) is 7.13. The molecule has 0 saturated heterocycles. The largest absolute Gasteiger partial charge is 0.324 e. The van der Waals surface area contributed by atoms with Crippen molar-refractivity contribution >= 4 is 21.6 Å². The van der Waals surface area contributed by atoms with Gasteiger partial charge in [-0.15, -0.1) is 13.2 Å². The molecule has 154 valence electrons. The van der Waals surface area contributed by atoms with Gasteiger partial charge in [-0.1, -0.05) is 43.5 Å². The molecule has 2 rings (SSSR count). The predicted molar refractivity (Wildman–Crippen MR) is 114 cm³/mol. The molecular formula is C21H31N3O3S. The Morgan fingerprint density at radius 3 is 2.36 bits per heavy atom. The maximum atomic E-state index is 13.2. The highest BCUT2D eigenvalue weighted by Crippen LogP contribution is 2.29. The van der Waals surface area contributed by atoms with E-state index in [0.29, 0.717) is 18.8 Å². The van der Waals surface area contributed by atoms with Crippen LogP contribution in [-0.4, -0.2) is 56.3 Å². The van der Waals surface area contributed by atoms with Gasteiger partial charge in [-0.25, -0.2) is 8.42 Å². The highest BCUT2D eigenvalue weighted by Gasteiger charge is 2.31.